The first kappa shape index (κ1) is 13.3. The molecule has 0 aliphatic carbocycles. The minimum Gasteiger partial charge on any atom is -0.323 e. The van der Waals surface area contributed by atoms with Crippen LogP contribution in [0.3, 0.4) is 0 Å². The van der Waals surface area contributed by atoms with Crippen molar-refractivity contribution in [2.45, 2.75) is 39.0 Å². The highest BCUT2D eigenvalue weighted by Gasteiger charge is 2.26. The summed E-state index contributed by atoms with van der Waals surface area (Å²) in [5.41, 5.74) is 8.88. The van der Waals surface area contributed by atoms with Crippen molar-refractivity contribution in [3.63, 3.8) is 0 Å². The fourth-order valence-corrected chi connectivity index (χ4v) is 2.73. The maximum absolute atomic E-state index is 6.43. The van der Waals surface area contributed by atoms with Gasteiger partial charge in [0.2, 0.25) is 0 Å². The summed E-state index contributed by atoms with van der Waals surface area (Å²) < 4.78 is 2.11. The molecule has 2 aromatic rings. The summed E-state index contributed by atoms with van der Waals surface area (Å²) >= 11 is 0. The Morgan fingerprint density at radius 1 is 1.20 bits per heavy atom. The van der Waals surface area contributed by atoms with Crippen molar-refractivity contribution >= 4 is 0 Å². The van der Waals surface area contributed by atoms with Gasteiger partial charge in [0.25, 0.3) is 0 Å². The number of aryl methyl sites for hydroxylation is 1. The Kier molecular flexibility index (Phi) is 3.54. The second kappa shape index (κ2) is 5.34. The van der Waals surface area contributed by atoms with Crippen molar-refractivity contribution < 1.29 is 0 Å². The molecule has 1 aromatic heterocycles. The van der Waals surface area contributed by atoms with E-state index < -0.39 is 0 Å². The van der Waals surface area contributed by atoms with Gasteiger partial charge in [-0.3, -0.25) is 4.90 Å². The first-order chi connectivity index (χ1) is 9.65. The smallest absolute Gasteiger partial charge is 0.147 e. The highest BCUT2D eigenvalue weighted by molar-refractivity contribution is 5.25. The second-order valence-corrected chi connectivity index (χ2v) is 5.59. The number of hydrogen-bond acceptors (Lipinski definition) is 4. The molecule has 0 radical (unpaired) electrons. The lowest BCUT2D eigenvalue weighted by molar-refractivity contribution is 0.143. The molecule has 1 aliphatic rings. The van der Waals surface area contributed by atoms with Gasteiger partial charge >= 0.3 is 0 Å². The van der Waals surface area contributed by atoms with Crippen LogP contribution in [0.5, 0.6) is 0 Å². The van der Waals surface area contributed by atoms with Gasteiger partial charge in [-0.1, -0.05) is 29.8 Å². The minimum absolute atomic E-state index is 0.0186. The van der Waals surface area contributed by atoms with E-state index in [0.29, 0.717) is 0 Å². The molecular weight excluding hydrogens is 250 g/mol. The van der Waals surface area contributed by atoms with Gasteiger partial charge in [0.1, 0.15) is 12.2 Å². The van der Waals surface area contributed by atoms with Crippen molar-refractivity contribution in [1.29, 1.82) is 0 Å². The summed E-state index contributed by atoms with van der Waals surface area (Å²) in [5, 5.41) is 8.13. The first-order valence-corrected chi connectivity index (χ1v) is 7.08. The van der Waals surface area contributed by atoms with E-state index in [9.17, 15) is 0 Å². The van der Waals surface area contributed by atoms with Gasteiger partial charge in [0, 0.05) is 25.2 Å². The van der Waals surface area contributed by atoms with Crippen LogP contribution in [-0.4, -0.2) is 32.3 Å². The summed E-state index contributed by atoms with van der Waals surface area (Å²) in [7, 11) is 0. The molecular formula is C15H21N5. The predicted molar refractivity (Wildman–Crippen MR) is 78.0 cm³/mol. The average molecular weight is 271 g/mol. The molecule has 20 heavy (non-hydrogen) atoms. The quantitative estimate of drug-likeness (QED) is 0.919. The van der Waals surface area contributed by atoms with Crippen LogP contribution in [0.25, 0.3) is 0 Å². The third-order valence-corrected chi connectivity index (χ3v) is 4.23. The Morgan fingerprint density at radius 3 is 2.70 bits per heavy atom. The van der Waals surface area contributed by atoms with Gasteiger partial charge < -0.3 is 10.3 Å². The van der Waals surface area contributed by atoms with Gasteiger partial charge in [-0.15, -0.1) is 10.2 Å². The number of fused-ring (bicyclic) bond motifs is 1. The van der Waals surface area contributed by atoms with Crippen LogP contribution < -0.4 is 5.73 Å². The molecule has 2 heterocycles. The van der Waals surface area contributed by atoms with Crippen LogP contribution in [0, 0.1) is 6.92 Å². The SMILES string of the molecule is Cc1ccc(C(N)C(C)N2CCn3cnnc3C2)cc1. The lowest BCUT2D eigenvalue weighted by Gasteiger charge is -2.35. The zero-order chi connectivity index (χ0) is 14.1. The van der Waals surface area contributed by atoms with E-state index in [1.807, 2.05) is 0 Å². The monoisotopic (exact) mass is 271 g/mol. The van der Waals surface area contributed by atoms with Crippen molar-refractivity contribution in [2.24, 2.45) is 5.73 Å². The van der Waals surface area contributed by atoms with E-state index in [4.69, 9.17) is 5.73 Å². The van der Waals surface area contributed by atoms with Crippen LogP contribution in [-0.2, 0) is 13.1 Å². The molecule has 5 heteroatoms. The summed E-state index contributed by atoms with van der Waals surface area (Å²) in [5.74, 6) is 1.03. The molecule has 0 saturated heterocycles. The van der Waals surface area contributed by atoms with E-state index in [0.717, 1.165) is 25.5 Å². The van der Waals surface area contributed by atoms with E-state index >= 15 is 0 Å². The molecule has 3 rings (SSSR count). The third-order valence-electron chi connectivity index (χ3n) is 4.23. The fourth-order valence-electron chi connectivity index (χ4n) is 2.73. The highest BCUT2D eigenvalue weighted by Crippen LogP contribution is 2.22. The zero-order valence-corrected chi connectivity index (χ0v) is 12.0. The number of nitrogens with two attached hydrogens (primary N) is 1. The van der Waals surface area contributed by atoms with Gasteiger partial charge in [-0.2, -0.15) is 0 Å². The number of aromatic nitrogens is 3. The van der Waals surface area contributed by atoms with Crippen molar-refractivity contribution in [1.82, 2.24) is 19.7 Å². The van der Waals surface area contributed by atoms with Gasteiger partial charge in [-0.25, -0.2) is 0 Å². The first-order valence-electron chi connectivity index (χ1n) is 7.08. The molecule has 0 fully saturated rings. The Balaban J connectivity index is 1.73. The van der Waals surface area contributed by atoms with E-state index in [1.54, 1.807) is 6.33 Å². The van der Waals surface area contributed by atoms with Crippen molar-refractivity contribution in [2.75, 3.05) is 6.54 Å². The lowest BCUT2D eigenvalue weighted by Crippen LogP contribution is -2.44. The van der Waals surface area contributed by atoms with E-state index in [2.05, 4.69) is 57.8 Å². The Labute approximate surface area is 119 Å². The second-order valence-electron chi connectivity index (χ2n) is 5.59. The zero-order valence-electron chi connectivity index (χ0n) is 12.0. The number of nitrogens with zero attached hydrogens (tertiary/aromatic N) is 4. The molecule has 2 N–H and O–H groups in total. The van der Waals surface area contributed by atoms with E-state index in [1.165, 1.54) is 11.1 Å². The van der Waals surface area contributed by atoms with Crippen LogP contribution in [0.2, 0.25) is 0 Å². The topological polar surface area (TPSA) is 60.0 Å². The van der Waals surface area contributed by atoms with Crippen LogP contribution in [0.4, 0.5) is 0 Å². The lowest BCUT2D eigenvalue weighted by atomic mass is 9.99. The molecule has 0 spiro atoms. The molecule has 2 atom stereocenters. The molecule has 0 bridgehead atoms. The Hall–Kier alpha value is -1.72. The third kappa shape index (κ3) is 2.46. The normalized spacial score (nSPS) is 18.6. The van der Waals surface area contributed by atoms with Crippen LogP contribution >= 0.6 is 0 Å². The molecule has 0 amide bonds. The summed E-state index contributed by atoms with van der Waals surface area (Å²) in [6.45, 7) is 7.03. The van der Waals surface area contributed by atoms with Crippen LogP contribution in [0.1, 0.15) is 29.9 Å². The summed E-state index contributed by atoms with van der Waals surface area (Å²) in [6.07, 6.45) is 1.80. The van der Waals surface area contributed by atoms with E-state index in [-0.39, 0.29) is 12.1 Å². The van der Waals surface area contributed by atoms with Crippen molar-refractivity contribution in [3.8, 4) is 0 Å². The predicted octanol–water partition coefficient (Wildman–Crippen LogP) is 1.49. The largest absolute Gasteiger partial charge is 0.323 e. The maximum Gasteiger partial charge on any atom is 0.147 e. The van der Waals surface area contributed by atoms with Crippen molar-refractivity contribution in [3.05, 3.63) is 47.5 Å². The number of rotatable bonds is 3. The van der Waals surface area contributed by atoms with Crippen LogP contribution in [0.15, 0.2) is 30.6 Å². The maximum atomic E-state index is 6.43. The Morgan fingerprint density at radius 2 is 1.95 bits per heavy atom. The highest BCUT2D eigenvalue weighted by atomic mass is 15.3. The molecule has 2 unspecified atom stereocenters. The molecule has 5 nitrogen and oxygen atoms in total. The standard InChI is InChI=1S/C15H21N5/c1-11-3-5-13(6-4-11)15(16)12(2)19-7-8-20-10-17-18-14(20)9-19/h3-6,10,12,15H,7-9,16H2,1-2H3. The summed E-state index contributed by atoms with van der Waals surface area (Å²) in [4.78, 5) is 2.38. The number of hydrogen-bond donors (Lipinski definition) is 1. The Bertz CT molecular complexity index is 574. The van der Waals surface area contributed by atoms with Gasteiger partial charge in [-0.05, 0) is 19.4 Å². The fraction of sp³-hybridized carbons (Fsp3) is 0.467. The number of benzene rings is 1. The minimum atomic E-state index is 0.0186. The molecule has 1 aliphatic heterocycles. The molecule has 106 valence electrons. The van der Waals surface area contributed by atoms with Gasteiger partial charge in [0.15, 0.2) is 0 Å². The summed E-state index contributed by atoms with van der Waals surface area (Å²) in [6, 6.07) is 8.79. The van der Waals surface area contributed by atoms with Gasteiger partial charge in [0.05, 0.1) is 6.54 Å². The molecule has 1 aromatic carbocycles. The average Bonchev–Trinajstić information content (AvgIpc) is 2.94. The molecule has 0 saturated carbocycles.